The summed E-state index contributed by atoms with van der Waals surface area (Å²) in [5, 5.41) is 8.02. The maximum atomic E-state index is 4.70. The molecule has 0 atom stereocenters. The molecule has 1 rings (SSSR count). The molecule has 3 heteroatoms. The van der Waals surface area contributed by atoms with Crippen molar-refractivity contribution in [3.63, 3.8) is 0 Å². The third-order valence-electron chi connectivity index (χ3n) is 2.53. The highest BCUT2D eigenvalue weighted by atomic mass is 16.5. The fourth-order valence-electron chi connectivity index (χ4n) is 1.84. The van der Waals surface area contributed by atoms with Gasteiger partial charge in [-0.1, -0.05) is 19.8 Å². The van der Waals surface area contributed by atoms with E-state index in [1.165, 1.54) is 37.8 Å². The molecule has 0 spiro atoms. The molecule has 74 valence electrons. The molecule has 0 amide bonds. The smallest absolute Gasteiger partial charge is 0.194 e. The van der Waals surface area contributed by atoms with Gasteiger partial charge in [-0.3, -0.25) is 0 Å². The summed E-state index contributed by atoms with van der Waals surface area (Å²) in [6.45, 7) is 2.14. The number of ether oxygens (including phenoxy) is 1. The van der Waals surface area contributed by atoms with Crippen LogP contribution in [0.4, 0.5) is 0 Å². The summed E-state index contributed by atoms with van der Waals surface area (Å²) in [5.74, 6) is 0.680. The molecule has 0 aromatic heterocycles. The lowest BCUT2D eigenvalue weighted by Crippen LogP contribution is -2.09. The lowest BCUT2D eigenvalue weighted by molar-refractivity contribution is 0.421. The maximum absolute atomic E-state index is 4.70. The highest BCUT2D eigenvalue weighted by Crippen LogP contribution is 2.27. The first-order valence-corrected chi connectivity index (χ1v) is 4.99. The van der Waals surface area contributed by atoms with E-state index in [1.807, 2.05) is 0 Å². The second kappa shape index (κ2) is 5.73. The van der Waals surface area contributed by atoms with Gasteiger partial charge in [-0.2, -0.15) is 5.10 Å². The summed E-state index contributed by atoms with van der Waals surface area (Å²) in [7, 11) is 1.58. The van der Waals surface area contributed by atoms with Crippen molar-refractivity contribution in [2.75, 3.05) is 7.11 Å². The van der Waals surface area contributed by atoms with Crippen molar-refractivity contribution in [3.05, 3.63) is 0 Å². The monoisotopic (exact) mass is 182 g/mol. The zero-order valence-electron chi connectivity index (χ0n) is 8.49. The van der Waals surface area contributed by atoms with Gasteiger partial charge in [0.1, 0.15) is 0 Å². The van der Waals surface area contributed by atoms with Gasteiger partial charge in [0.2, 0.25) is 0 Å². The molecule has 1 fully saturated rings. The van der Waals surface area contributed by atoms with Crippen LogP contribution in [0.25, 0.3) is 0 Å². The molecule has 0 saturated heterocycles. The molecule has 0 aromatic rings. The Labute approximate surface area is 79.9 Å². The van der Waals surface area contributed by atoms with Crippen molar-refractivity contribution in [2.45, 2.75) is 39.0 Å². The first-order chi connectivity index (χ1) is 6.38. The summed E-state index contributed by atoms with van der Waals surface area (Å²) in [6, 6.07) is 0. The Hall–Kier alpha value is -0.860. The van der Waals surface area contributed by atoms with E-state index in [0.717, 1.165) is 6.42 Å². The lowest BCUT2D eigenvalue weighted by atomic mass is 10.0. The second-order valence-electron chi connectivity index (χ2n) is 3.38. The molecule has 0 heterocycles. The Morgan fingerprint density at radius 1 is 1.46 bits per heavy atom. The molecule has 0 bridgehead atoms. The summed E-state index contributed by atoms with van der Waals surface area (Å²) >= 11 is 0. The van der Waals surface area contributed by atoms with Crippen LogP contribution in [-0.2, 0) is 4.74 Å². The van der Waals surface area contributed by atoms with Crippen molar-refractivity contribution in [2.24, 2.45) is 16.1 Å². The van der Waals surface area contributed by atoms with Crippen LogP contribution < -0.4 is 0 Å². The van der Waals surface area contributed by atoms with Gasteiger partial charge in [-0.15, -0.1) is 5.10 Å². The van der Waals surface area contributed by atoms with Crippen molar-refractivity contribution in [1.29, 1.82) is 0 Å². The van der Waals surface area contributed by atoms with Crippen LogP contribution in [0.15, 0.2) is 10.2 Å². The first-order valence-electron chi connectivity index (χ1n) is 4.99. The number of hydrogen-bond donors (Lipinski definition) is 0. The van der Waals surface area contributed by atoms with E-state index < -0.39 is 0 Å². The van der Waals surface area contributed by atoms with E-state index in [9.17, 15) is 0 Å². The van der Waals surface area contributed by atoms with Gasteiger partial charge in [0.05, 0.1) is 7.11 Å². The number of rotatable bonds is 4. The Balaban J connectivity index is 2.49. The van der Waals surface area contributed by atoms with Crippen LogP contribution in [-0.4, -0.2) is 19.2 Å². The second-order valence-corrected chi connectivity index (χ2v) is 3.38. The lowest BCUT2D eigenvalue weighted by Gasteiger charge is -2.08. The van der Waals surface area contributed by atoms with E-state index >= 15 is 0 Å². The molecule has 0 N–H and O–H groups in total. The van der Waals surface area contributed by atoms with Crippen LogP contribution in [0.3, 0.4) is 0 Å². The highest BCUT2D eigenvalue weighted by molar-refractivity contribution is 5.86. The van der Waals surface area contributed by atoms with Crippen molar-refractivity contribution < 1.29 is 4.74 Å². The molecule has 0 aromatic carbocycles. The van der Waals surface area contributed by atoms with E-state index in [4.69, 9.17) is 4.74 Å². The Morgan fingerprint density at radius 3 is 2.69 bits per heavy atom. The van der Waals surface area contributed by atoms with Crippen molar-refractivity contribution in [3.8, 4) is 0 Å². The summed E-state index contributed by atoms with van der Waals surface area (Å²) in [4.78, 5) is 0. The first kappa shape index (κ1) is 10.2. The van der Waals surface area contributed by atoms with Gasteiger partial charge >= 0.3 is 0 Å². The fourth-order valence-corrected chi connectivity index (χ4v) is 1.84. The normalized spacial score (nSPS) is 20.0. The molecule has 13 heavy (non-hydrogen) atoms. The number of hydrogen-bond acceptors (Lipinski definition) is 3. The number of nitrogens with zero attached hydrogens (tertiary/aromatic N) is 2. The topological polar surface area (TPSA) is 34.0 Å². The summed E-state index contributed by atoms with van der Waals surface area (Å²) in [5.41, 5.74) is 1.23. The molecule has 1 saturated carbocycles. The third kappa shape index (κ3) is 3.17. The molecule has 1 aliphatic rings. The van der Waals surface area contributed by atoms with Crippen molar-refractivity contribution >= 4 is 12.1 Å². The van der Waals surface area contributed by atoms with Crippen LogP contribution in [0.5, 0.6) is 0 Å². The van der Waals surface area contributed by atoms with E-state index in [1.54, 1.807) is 7.11 Å². The van der Waals surface area contributed by atoms with E-state index in [0.29, 0.717) is 5.92 Å². The van der Waals surface area contributed by atoms with Crippen LogP contribution in [0, 0.1) is 5.92 Å². The van der Waals surface area contributed by atoms with Gasteiger partial charge in [0, 0.05) is 5.71 Å². The Kier molecular flexibility index (Phi) is 4.50. The maximum Gasteiger partial charge on any atom is 0.194 e. The van der Waals surface area contributed by atoms with E-state index in [-0.39, 0.29) is 0 Å². The molecule has 0 radical (unpaired) electrons. The Bertz CT molecular complexity index is 193. The standard InChI is InChI=1S/C10H18N2O/c1-3-10(12-11-8-13-2)9-6-4-5-7-9/h8-9H,3-7H2,1-2H3/b11-8?,12-10+. The van der Waals surface area contributed by atoms with Gasteiger partial charge < -0.3 is 4.74 Å². The SMILES string of the molecule is CC/C(=N\N=COC)C1CCCC1. The highest BCUT2D eigenvalue weighted by Gasteiger charge is 2.19. The minimum atomic E-state index is 0.680. The molecular formula is C10H18N2O. The quantitative estimate of drug-likeness (QED) is 0.374. The van der Waals surface area contributed by atoms with Crippen molar-refractivity contribution in [1.82, 2.24) is 0 Å². The van der Waals surface area contributed by atoms with E-state index in [2.05, 4.69) is 17.1 Å². The molecular weight excluding hydrogens is 164 g/mol. The predicted molar refractivity (Wildman–Crippen MR) is 55.2 cm³/mol. The fraction of sp³-hybridized carbons (Fsp3) is 0.800. The molecule has 0 aliphatic heterocycles. The molecule has 0 unspecified atom stereocenters. The van der Waals surface area contributed by atoms with Gasteiger partial charge in [0.25, 0.3) is 0 Å². The molecule has 3 nitrogen and oxygen atoms in total. The predicted octanol–water partition coefficient (Wildman–Crippen LogP) is 2.62. The van der Waals surface area contributed by atoms with Crippen LogP contribution in [0.1, 0.15) is 39.0 Å². The number of methoxy groups -OCH3 is 1. The van der Waals surface area contributed by atoms with Crippen LogP contribution in [0.2, 0.25) is 0 Å². The largest absolute Gasteiger partial charge is 0.485 e. The molecule has 1 aliphatic carbocycles. The zero-order chi connectivity index (χ0) is 9.52. The van der Waals surface area contributed by atoms with Gasteiger partial charge in [-0.05, 0) is 25.2 Å². The van der Waals surface area contributed by atoms with Gasteiger partial charge in [0.15, 0.2) is 6.40 Å². The Morgan fingerprint density at radius 2 is 2.15 bits per heavy atom. The summed E-state index contributed by atoms with van der Waals surface area (Å²) < 4.78 is 4.70. The van der Waals surface area contributed by atoms with Gasteiger partial charge in [-0.25, -0.2) is 0 Å². The summed E-state index contributed by atoms with van der Waals surface area (Å²) in [6.07, 6.45) is 7.65. The van der Waals surface area contributed by atoms with Crippen LogP contribution >= 0.6 is 0 Å². The average molecular weight is 182 g/mol. The zero-order valence-corrected chi connectivity index (χ0v) is 8.49. The minimum Gasteiger partial charge on any atom is -0.485 e. The minimum absolute atomic E-state index is 0.680. The average Bonchev–Trinajstić information content (AvgIpc) is 2.65. The third-order valence-corrected chi connectivity index (χ3v) is 2.53.